The summed E-state index contributed by atoms with van der Waals surface area (Å²) in [6, 6.07) is 5.09. The summed E-state index contributed by atoms with van der Waals surface area (Å²) in [6.45, 7) is 4.83. The van der Waals surface area contributed by atoms with Crippen molar-refractivity contribution in [3.8, 4) is 0 Å². The van der Waals surface area contributed by atoms with E-state index in [1.165, 1.54) is 18.2 Å². The zero-order valence-corrected chi connectivity index (χ0v) is 15.0. The summed E-state index contributed by atoms with van der Waals surface area (Å²) in [7, 11) is 1.85. The average Bonchev–Trinajstić information content (AvgIpc) is 2.49. The largest absolute Gasteiger partial charge is 0.489 e. The number of allylic oxidation sites excluding steroid dienone is 1. The van der Waals surface area contributed by atoms with Crippen LogP contribution in [-0.2, 0) is 19.0 Å². The topological polar surface area (TPSA) is 73.9 Å². The first-order valence-corrected chi connectivity index (χ1v) is 7.44. The zero-order chi connectivity index (χ0) is 20.1. The van der Waals surface area contributed by atoms with E-state index in [1.807, 2.05) is 0 Å². The van der Waals surface area contributed by atoms with Gasteiger partial charge in [-0.2, -0.15) is 13.2 Å². The molecule has 0 aliphatic carbocycles. The smallest absolute Gasteiger partial charge is 0.420 e. The molecule has 1 aromatic carbocycles. The standard InChI is InChI=1S/C17H20F3NO5/c1-16(2,3)26-15(23)21-11-9-7-6-8-10(11)12(17(18,19)20)13(24-4)14(22)25-5/h6-9H,1-5H3,(H,21,23)/b13-12-. The van der Waals surface area contributed by atoms with Crippen LogP contribution in [-0.4, -0.2) is 38.1 Å². The molecule has 1 rings (SSSR count). The Morgan fingerprint density at radius 1 is 1.00 bits per heavy atom. The molecule has 0 aromatic heterocycles. The third-order valence-corrected chi connectivity index (χ3v) is 2.92. The van der Waals surface area contributed by atoms with E-state index in [-0.39, 0.29) is 5.69 Å². The van der Waals surface area contributed by atoms with Gasteiger partial charge in [-0.1, -0.05) is 18.2 Å². The Bertz CT molecular complexity index is 705. The van der Waals surface area contributed by atoms with E-state index in [0.717, 1.165) is 20.3 Å². The van der Waals surface area contributed by atoms with Crippen LogP contribution in [0.3, 0.4) is 0 Å². The normalized spacial score (nSPS) is 12.8. The predicted octanol–water partition coefficient (Wildman–Crippen LogP) is 4.13. The third kappa shape index (κ3) is 5.68. The van der Waals surface area contributed by atoms with Crippen molar-refractivity contribution in [2.75, 3.05) is 19.5 Å². The molecule has 6 nitrogen and oxygen atoms in total. The molecule has 26 heavy (non-hydrogen) atoms. The van der Waals surface area contributed by atoms with Gasteiger partial charge in [0.2, 0.25) is 5.76 Å². The monoisotopic (exact) mass is 375 g/mol. The van der Waals surface area contributed by atoms with Crippen LogP contribution in [0, 0.1) is 0 Å². The minimum atomic E-state index is -4.95. The number of alkyl halides is 3. The van der Waals surface area contributed by atoms with Gasteiger partial charge in [-0.25, -0.2) is 9.59 Å². The van der Waals surface area contributed by atoms with E-state index < -0.39 is 40.7 Å². The summed E-state index contributed by atoms with van der Waals surface area (Å²) in [5.41, 5.74) is -2.88. The second kappa shape index (κ2) is 8.11. The van der Waals surface area contributed by atoms with Crippen LogP contribution in [0.15, 0.2) is 30.0 Å². The van der Waals surface area contributed by atoms with E-state index >= 15 is 0 Å². The Hall–Kier alpha value is -2.71. The number of amides is 1. The molecule has 0 unspecified atom stereocenters. The minimum absolute atomic E-state index is 0.201. The van der Waals surface area contributed by atoms with Gasteiger partial charge >= 0.3 is 18.2 Å². The summed E-state index contributed by atoms with van der Waals surface area (Å²) < 4.78 is 54.9. The average molecular weight is 375 g/mol. The SMILES string of the molecule is COC(=O)/C(OC)=C(\c1ccccc1NC(=O)OC(C)(C)C)C(F)(F)F. The van der Waals surface area contributed by atoms with Crippen LogP contribution in [0.25, 0.3) is 5.57 Å². The molecule has 0 spiro atoms. The zero-order valence-electron chi connectivity index (χ0n) is 15.0. The number of benzene rings is 1. The lowest BCUT2D eigenvalue weighted by atomic mass is 10.0. The lowest BCUT2D eigenvalue weighted by molar-refractivity contribution is -0.140. The highest BCUT2D eigenvalue weighted by Crippen LogP contribution is 2.40. The first kappa shape index (κ1) is 21.3. The highest BCUT2D eigenvalue weighted by Gasteiger charge is 2.42. The number of anilines is 1. The lowest BCUT2D eigenvalue weighted by Gasteiger charge is -2.22. The van der Waals surface area contributed by atoms with Crippen LogP contribution in [0.5, 0.6) is 0 Å². The molecule has 1 aromatic rings. The molecule has 0 heterocycles. The van der Waals surface area contributed by atoms with Gasteiger partial charge in [0, 0.05) is 5.56 Å². The number of methoxy groups -OCH3 is 2. The van der Waals surface area contributed by atoms with Gasteiger partial charge in [-0.05, 0) is 26.8 Å². The number of para-hydroxylation sites is 1. The highest BCUT2D eigenvalue weighted by atomic mass is 19.4. The highest BCUT2D eigenvalue weighted by molar-refractivity contribution is 6.00. The molecular formula is C17H20F3NO5. The van der Waals surface area contributed by atoms with E-state index in [4.69, 9.17) is 4.74 Å². The fraction of sp³-hybridized carbons (Fsp3) is 0.412. The van der Waals surface area contributed by atoms with Crippen molar-refractivity contribution in [2.45, 2.75) is 32.5 Å². The maximum absolute atomic E-state index is 13.6. The maximum Gasteiger partial charge on any atom is 0.420 e. The second-order valence-corrected chi connectivity index (χ2v) is 6.07. The number of halogens is 3. The fourth-order valence-electron chi connectivity index (χ4n) is 2.01. The molecule has 0 aliphatic rings. The number of nitrogens with one attached hydrogen (secondary N) is 1. The van der Waals surface area contributed by atoms with E-state index in [9.17, 15) is 22.8 Å². The van der Waals surface area contributed by atoms with Crippen molar-refractivity contribution >= 4 is 23.3 Å². The number of esters is 1. The van der Waals surface area contributed by atoms with Crippen LogP contribution < -0.4 is 5.32 Å². The Labute approximate surface area is 148 Å². The van der Waals surface area contributed by atoms with Crippen molar-refractivity contribution < 1.29 is 37.0 Å². The molecule has 0 aliphatic heterocycles. The summed E-state index contributed by atoms with van der Waals surface area (Å²) in [6.07, 6.45) is -5.89. The fourth-order valence-corrected chi connectivity index (χ4v) is 2.01. The van der Waals surface area contributed by atoms with Crippen LogP contribution in [0.1, 0.15) is 26.3 Å². The molecule has 0 radical (unpaired) electrons. The summed E-state index contributed by atoms with van der Waals surface area (Å²) >= 11 is 0. The van der Waals surface area contributed by atoms with Gasteiger partial charge in [0.1, 0.15) is 11.2 Å². The lowest BCUT2D eigenvalue weighted by Crippen LogP contribution is -2.28. The molecule has 0 saturated carbocycles. The number of ether oxygens (including phenoxy) is 3. The van der Waals surface area contributed by atoms with E-state index in [2.05, 4.69) is 14.8 Å². The molecule has 0 fully saturated rings. The quantitative estimate of drug-likeness (QED) is 0.487. The number of carbonyl (C=O) groups excluding carboxylic acids is 2. The second-order valence-electron chi connectivity index (χ2n) is 6.07. The van der Waals surface area contributed by atoms with Crippen molar-refractivity contribution in [2.24, 2.45) is 0 Å². The van der Waals surface area contributed by atoms with Crippen molar-refractivity contribution in [1.29, 1.82) is 0 Å². The van der Waals surface area contributed by atoms with Gasteiger partial charge in [-0.15, -0.1) is 0 Å². The maximum atomic E-state index is 13.6. The summed E-state index contributed by atoms with van der Waals surface area (Å²) in [5.74, 6) is -2.33. The number of hydrogen-bond acceptors (Lipinski definition) is 5. The van der Waals surface area contributed by atoms with Gasteiger partial charge < -0.3 is 14.2 Å². The summed E-state index contributed by atoms with van der Waals surface area (Å²) in [4.78, 5) is 23.6. The molecule has 0 atom stereocenters. The van der Waals surface area contributed by atoms with E-state index in [0.29, 0.717) is 0 Å². The Morgan fingerprint density at radius 2 is 1.58 bits per heavy atom. The van der Waals surface area contributed by atoms with Crippen molar-refractivity contribution in [3.63, 3.8) is 0 Å². The number of rotatable bonds is 4. The van der Waals surface area contributed by atoms with Crippen molar-refractivity contribution in [3.05, 3.63) is 35.6 Å². The summed E-state index contributed by atoms with van der Waals surface area (Å²) in [5, 5.41) is 2.25. The molecule has 0 bridgehead atoms. The van der Waals surface area contributed by atoms with Gasteiger partial charge in [0.25, 0.3) is 0 Å². The number of carbonyl (C=O) groups is 2. The van der Waals surface area contributed by atoms with E-state index in [1.54, 1.807) is 20.8 Å². The Balaban J connectivity index is 3.49. The third-order valence-electron chi connectivity index (χ3n) is 2.92. The van der Waals surface area contributed by atoms with Crippen LogP contribution in [0.2, 0.25) is 0 Å². The molecule has 1 amide bonds. The minimum Gasteiger partial charge on any atom is -0.489 e. The molecule has 0 saturated heterocycles. The Morgan fingerprint density at radius 3 is 2.04 bits per heavy atom. The van der Waals surface area contributed by atoms with Crippen LogP contribution in [0.4, 0.5) is 23.7 Å². The van der Waals surface area contributed by atoms with Crippen LogP contribution >= 0.6 is 0 Å². The molecule has 1 N–H and O–H groups in total. The Kier molecular flexibility index (Phi) is 6.66. The van der Waals surface area contributed by atoms with Gasteiger partial charge in [-0.3, -0.25) is 5.32 Å². The molecular weight excluding hydrogens is 355 g/mol. The van der Waals surface area contributed by atoms with Crippen molar-refractivity contribution in [1.82, 2.24) is 0 Å². The first-order chi connectivity index (χ1) is 11.9. The van der Waals surface area contributed by atoms with Gasteiger partial charge in [0.15, 0.2) is 0 Å². The molecule has 144 valence electrons. The first-order valence-electron chi connectivity index (χ1n) is 7.44. The van der Waals surface area contributed by atoms with Gasteiger partial charge in [0.05, 0.1) is 19.9 Å². The molecule has 9 heteroatoms. The predicted molar refractivity (Wildman–Crippen MR) is 88.3 cm³/mol. The number of hydrogen-bond donors (Lipinski definition) is 1.